The maximum Gasteiger partial charge on any atom is 0.192 e. The molecule has 0 aliphatic heterocycles. The zero-order chi connectivity index (χ0) is 19.9. The highest BCUT2D eigenvalue weighted by atomic mass is 16.5. The topological polar surface area (TPSA) is 93.2 Å². The molecule has 8 nitrogen and oxygen atoms in total. The lowest BCUT2D eigenvalue weighted by atomic mass is 10.1. The van der Waals surface area contributed by atoms with E-state index < -0.39 is 0 Å². The molecular weight excluding hydrogens is 354 g/mol. The van der Waals surface area contributed by atoms with Crippen molar-refractivity contribution < 1.29 is 4.52 Å². The zero-order valence-electron chi connectivity index (χ0n) is 16.8. The van der Waals surface area contributed by atoms with E-state index in [4.69, 9.17) is 4.52 Å². The van der Waals surface area contributed by atoms with Gasteiger partial charge in [0.15, 0.2) is 17.5 Å². The zero-order valence-corrected chi connectivity index (χ0v) is 16.8. The van der Waals surface area contributed by atoms with Gasteiger partial charge >= 0.3 is 0 Å². The summed E-state index contributed by atoms with van der Waals surface area (Å²) >= 11 is 0. The van der Waals surface area contributed by atoms with Crippen molar-refractivity contribution in [1.29, 1.82) is 0 Å². The fraction of sp³-hybridized carbons (Fsp3) is 0.400. The van der Waals surface area contributed by atoms with Crippen molar-refractivity contribution in [3.8, 4) is 0 Å². The molecule has 0 saturated heterocycles. The molecule has 0 aliphatic rings. The number of aryl methyl sites for hydroxylation is 1. The number of aliphatic imine (C=N–C) groups is 1. The summed E-state index contributed by atoms with van der Waals surface area (Å²) in [4.78, 5) is 4.68. The second-order valence-electron chi connectivity index (χ2n) is 6.95. The molecular formula is C20H27N7O. The molecule has 0 unspecified atom stereocenters. The Morgan fingerprint density at radius 3 is 2.54 bits per heavy atom. The van der Waals surface area contributed by atoms with Crippen LogP contribution in [0.15, 0.2) is 45.9 Å². The smallest absolute Gasteiger partial charge is 0.192 e. The monoisotopic (exact) mass is 381 g/mol. The van der Waals surface area contributed by atoms with Crippen LogP contribution in [0.3, 0.4) is 0 Å². The van der Waals surface area contributed by atoms with Gasteiger partial charge in [0.1, 0.15) is 5.82 Å². The molecule has 148 valence electrons. The maximum absolute atomic E-state index is 5.40. The minimum atomic E-state index is 0.334. The first-order chi connectivity index (χ1) is 13.5. The fourth-order valence-electron chi connectivity index (χ4n) is 2.55. The van der Waals surface area contributed by atoms with E-state index in [1.165, 1.54) is 0 Å². The van der Waals surface area contributed by atoms with Gasteiger partial charge in [-0.3, -0.25) is 0 Å². The maximum atomic E-state index is 5.40. The van der Waals surface area contributed by atoms with Crippen molar-refractivity contribution in [3.05, 3.63) is 65.1 Å². The first-order valence-electron chi connectivity index (χ1n) is 9.39. The average Bonchev–Trinajstić information content (AvgIpc) is 3.30. The Bertz CT molecular complexity index is 912. The molecule has 0 aliphatic carbocycles. The van der Waals surface area contributed by atoms with Crippen molar-refractivity contribution >= 4 is 5.96 Å². The fourth-order valence-corrected chi connectivity index (χ4v) is 2.55. The van der Waals surface area contributed by atoms with Crippen molar-refractivity contribution in [2.45, 2.75) is 46.3 Å². The third-order valence-corrected chi connectivity index (χ3v) is 4.46. The van der Waals surface area contributed by atoms with Crippen LogP contribution in [0.4, 0.5) is 0 Å². The van der Waals surface area contributed by atoms with Crippen LogP contribution in [-0.4, -0.2) is 25.9 Å². The van der Waals surface area contributed by atoms with Gasteiger partial charge in [0.05, 0.1) is 25.3 Å². The van der Waals surface area contributed by atoms with E-state index in [1.54, 1.807) is 0 Å². The number of rotatable bonds is 7. The molecule has 0 spiro atoms. The molecule has 0 fully saturated rings. The van der Waals surface area contributed by atoms with Crippen LogP contribution in [0.2, 0.25) is 0 Å². The molecule has 0 amide bonds. The van der Waals surface area contributed by atoms with Crippen molar-refractivity contribution in [2.75, 3.05) is 0 Å². The molecule has 28 heavy (non-hydrogen) atoms. The van der Waals surface area contributed by atoms with Crippen LogP contribution in [-0.2, 0) is 26.7 Å². The van der Waals surface area contributed by atoms with E-state index in [9.17, 15) is 0 Å². The number of hydrogen-bond donors (Lipinski definition) is 2. The molecule has 3 aromatic rings. The highest BCUT2D eigenvalue weighted by Crippen LogP contribution is 2.13. The second-order valence-corrected chi connectivity index (χ2v) is 6.95. The SMILES string of the molecule is Cc1nnc(CNC(=NCc2ccccc2)NCc2cc(C(C)C)no2)n1C. The molecule has 3 rings (SSSR count). The van der Waals surface area contributed by atoms with E-state index in [0.717, 1.165) is 28.7 Å². The summed E-state index contributed by atoms with van der Waals surface area (Å²) in [5, 5.41) is 19.0. The number of benzene rings is 1. The lowest BCUT2D eigenvalue weighted by Crippen LogP contribution is -2.37. The molecule has 2 heterocycles. The Balaban J connectivity index is 1.66. The Labute approximate surface area is 165 Å². The summed E-state index contributed by atoms with van der Waals surface area (Å²) in [6.45, 7) is 7.69. The Hall–Kier alpha value is -3.16. The van der Waals surface area contributed by atoms with Gasteiger partial charge in [-0.25, -0.2) is 4.99 Å². The van der Waals surface area contributed by atoms with Crippen LogP contribution in [0.5, 0.6) is 0 Å². The lowest BCUT2D eigenvalue weighted by Gasteiger charge is -2.11. The molecule has 0 radical (unpaired) electrons. The highest BCUT2D eigenvalue weighted by Gasteiger charge is 2.10. The minimum Gasteiger partial charge on any atom is -0.359 e. The Morgan fingerprint density at radius 1 is 1.14 bits per heavy atom. The molecule has 8 heteroatoms. The van der Waals surface area contributed by atoms with E-state index in [1.807, 2.05) is 42.8 Å². The normalized spacial score (nSPS) is 11.8. The molecule has 0 saturated carbocycles. The van der Waals surface area contributed by atoms with E-state index in [0.29, 0.717) is 31.5 Å². The van der Waals surface area contributed by atoms with E-state index in [2.05, 4.69) is 57.0 Å². The van der Waals surface area contributed by atoms with Crippen molar-refractivity contribution in [1.82, 2.24) is 30.6 Å². The van der Waals surface area contributed by atoms with Gasteiger partial charge in [0.2, 0.25) is 0 Å². The van der Waals surface area contributed by atoms with Gasteiger partial charge < -0.3 is 19.7 Å². The number of nitrogens with one attached hydrogen (secondary N) is 2. The van der Waals surface area contributed by atoms with Crippen LogP contribution < -0.4 is 10.6 Å². The minimum absolute atomic E-state index is 0.334. The number of guanidine groups is 1. The molecule has 2 aromatic heterocycles. The first kappa shape index (κ1) is 19.6. The van der Waals surface area contributed by atoms with Crippen LogP contribution >= 0.6 is 0 Å². The van der Waals surface area contributed by atoms with Gasteiger partial charge in [-0.15, -0.1) is 10.2 Å². The van der Waals surface area contributed by atoms with E-state index in [-0.39, 0.29) is 0 Å². The quantitative estimate of drug-likeness (QED) is 0.483. The van der Waals surface area contributed by atoms with Crippen LogP contribution in [0.1, 0.15) is 48.4 Å². The summed E-state index contributed by atoms with van der Waals surface area (Å²) in [6, 6.07) is 12.1. The summed E-state index contributed by atoms with van der Waals surface area (Å²) in [5.74, 6) is 3.49. The van der Waals surface area contributed by atoms with Crippen molar-refractivity contribution in [3.63, 3.8) is 0 Å². The molecule has 0 atom stereocenters. The summed E-state index contributed by atoms with van der Waals surface area (Å²) in [7, 11) is 1.95. The van der Waals surface area contributed by atoms with Gasteiger partial charge in [-0.05, 0) is 18.4 Å². The van der Waals surface area contributed by atoms with Gasteiger partial charge in [-0.2, -0.15) is 0 Å². The van der Waals surface area contributed by atoms with Gasteiger partial charge in [0.25, 0.3) is 0 Å². The average molecular weight is 381 g/mol. The molecule has 2 N–H and O–H groups in total. The second kappa shape index (κ2) is 9.16. The molecule has 0 bridgehead atoms. The Kier molecular flexibility index (Phi) is 6.41. The highest BCUT2D eigenvalue weighted by molar-refractivity contribution is 5.79. The predicted octanol–water partition coefficient (Wildman–Crippen LogP) is 2.67. The number of nitrogens with zero attached hydrogens (tertiary/aromatic N) is 5. The van der Waals surface area contributed by atoms with E-state index >= 15 is 0 Å². The van der Waals surface area contributed by atoms with Crippen molar-refractivity contribution in [2.24, 2.45) is 12.0 Å². The standard InChI is InChI=1S/C20H27N7O/c1-14(2)18-10-17(28-26-18)12-22-20(21-11-16-8-6-5-7-9-16)23-13-19-25-24-15(3)27(19)4/h5-10,14H,11-13H2,1-4H3,(H2,21,22,23). The first-order valence-corrected chi connectivity index (χ1v) is 9.39. The number of hydrogen-bond acceptors (Lipinski definition) is 5. The lowest BCUT2D eigenvalue weighted by molar-refractivity contribution is 0.372. The van der Waals surface area contributed by atoms with Crippen LogP contribution in [0, 0.1) is 6.92 Å². The largest absolute Gasteiger partial charge is 0.359 e. The number of aromatic nitrogens is 4. The summed E-state index contributed by atoms with van der Waals surface area (Å²) in [6.07, 6.45) is 0. The third-order valence-electron chi connectivity index (χ3n) is 4.46. The summed E-state index contributed by atoms with van der Waals surface area (Å²) in [5.41, 5.74) is 2.09. The summed E-state index contributed by atoms with van der Waals surface area (Å²) < 4.78 is 7.35. The van der Waals surface area contributed by atoms with Crippen LogP contribution in [0.25, 0.3) is 0 Å². The third kappa shape index (κ3) is 5.18. The molecule has 1 aromatic carbocycles. The van der Waals surface area contributed by atoms with Gasteiger partial charge in [-0.1, -0.05) is 49.3 Å². The Morgan fingerprint density at radius 2 is 1.89 bits per heavy atom. The predicted molar refractivity (Wildman–Crippen MR) is 108 cm³/mol. The van der Waals surface area contributed by atoms with Gasteiger partial charge in [0, 0.05) is 13.1 Å².